The fourth-order valence-corrected chi connectivity index (χ4v) is 5.34. The molecule has 3 atom stereocenters. The Morgan fingerprint density at radius 1 is 1.30 bits per heavy atom. The quantitative estimate of drug-likeness (QED) is 0.824. The summed E-state index contributed by atoms with van der Waals surface area (Å²) in [5.74, 6) is 0.714. The Labute approximate surface area is 129 Å². The van der Waals surface area contributed by atoms with Crippen LogP contribution in [0.4, 0.5) is 5.69 Å². The predicted octanol–water partition coefficient (Wildman–Crippen LogP) is 3.09. The van der Waals surface area contributed by atoms with Crippen LogP contribution < -0.4 is 5.73 Å². The molecule has 0 amide bonds. The molecular formula is C14H21BrN2O2S. The Hall–Kier alpha value is -0.590. The number of hydrogen-bond acceptors (Lipinski definition) is 3. The molecule has 0 aromatic heterocycles. The lowest BCUT2D eigenvalue weighted by Gasteiger charge is -2.40. The van der Waals surface area contributed by atoms with E-state index in [4.69, 9.17) is 5.73 Å². The van der Waals surface area contributed by atoms with Crippen molar-refractivity contribution in [3.05, 3.63) is 22.7 Å². The van der Waals surface area contributed by atoms with Gasteiger partial charge in [-0.1, -0.05) is 29.8 Å². The third-order valence-corrected chi connectivity index (χ3v) is 6.61. The van der Waals surface area contributed by atoms with Gasteiger partial charge in [-0.05, 0) is 43.4 Å². The number of nitrogens with two attached hydrogens (primary N) is 1. The van der Waals surface area contributed by atoms with Crippen molar-refractivity contribution >= 4 is 31.6 Å². The van der Waals surface area contributed by atoms with Gasteiger partial charge in [-0.3, -0.25) is 0 Å². The lowest BCUT2D eigenvalue weighted by Crippen LogP contribution is -2.48. The molecule has 1 fully saturated rings. The van der Waals surface area contributed by atoms with Crippen molar-refractivity contribution in [1.29, 1.82) is 0 Å². The van der Waals surface area contributed by atoms with E-state index in [1.54, 1.807) is 22.5 Å². The number of nitrogen functional groups attached to an aromatic ring is 1. The minimum Gasteiger partial charge on any atom is -0.398 e. The van der Waals surface area contributed by atoms with Crippen LogP contribution in [0, 0.1) is 11.8 Å². The standard InChI is InChI=1S/C14H21BrN2O2S/c1-9-6-10(2)11(3)17(8-9)20(18,19)14-7-12(15)4-5-13(14)16/h4-5,7,9-11H,6,8,16H2,1-3H3. The molecule has 2 rings (SSSR count). The van der Waals surface area contributed by atoms with Crippen molar-refractivity contribution in [1.82, 2.24) is 4.31 Å². The van der Waals surface area contributed by atoms with Crippen LogP contribution >= 0.6 is 15.9 Å². The second-order valence-electron chi connectivity index (χ2n) is 5.82. The zero-order chi connectivity index (χ0) is 15.1. The zero-order valence-corrected chi connectivity index (χ0v) is 14.4. The summed E-state index contributed by atoms with van der Waals surface area (Å²) in [6.07, 6.45) is 1.06. The van der Waals surface area contributed by atoms with Crippen LogP contribution in [-0.2, 0) is 10.0 Å². The first-order chi connectivity index (χ1) is 9.23. The largest absolute Gasteiger partial charge is 0.398 e. The highest BCUT2D eigenvalue weighted by atomic mass is 79.9. The third-order valence-electron chi connectivity index (χ3n) is 4.11. The van der Waals surface area contributed by atoms with Gasteiger partial charge in [0.25, 0.3) is 0 Å². The van der Waals surface area contributed by atoms with Crippen LogP contribution in [-0.4, -0.2) is 25.3 Å². The van der Waals surface area contributed by atoms with E-state index in [9.17, 15) is 8.42 Å². The lowest BCUT2D eigenvalue weighted by atomic mass is 9.88. The van der Waals surface area contributed by atoms with Gasteiger partial charge < -0.3 is 5.73 Å². The molecule has 1 aliphatic heterocycles. The van der Waals surface area contributed by atoms with E-state index in [1.165, 1.54) is 0 Å². The average molecular weight is 361 g/mol. The summed E-state index contributed by atoms with van der Waals surface area (Å²) in [7, 11) is -3.55. The number of halogens is 1. The summed E-state index contributed by atoms with van der Waals surface area (Å²) < 4.78 is 28.1. The molecule has 1 aromatic carbocycles. The van der Waals surface area contributed by atoms with E-state index in [2.05, 4.69) is 29.8 Å². The van der Waals surface area contributed by atoms with Gasteiger partial charge in [-0.25, -0.2) is 8.42 Å². The Morgan fingerprint density at radius 2 is 1.95 bits per heavy atom. The molecule has 2 N–H and O–H groups in total. The number of piperidine rings is 1. The molecule has 0 aliphatic carbocycles. The smallest absolute Gasteiger partial charge is 0.245 e. The molecule has 0 saturated carbocycles. The fraction of sp³-hybridized carbons (Fsp3) is 0.571. The highest BCUT2D eigenvalue weighted by Crippen LogP contribution is 2.34. The number of anilines is 1. The maximum Gasteiger partial charge on any atom is 0.245 e. The lowest BCUT2D eigenvalue weighted by molar-refractivity contribution is 0.157. The van der Waals surface area contributed by atoms with E-state index in [1.807, 2.05) is 6.92 Å². The van der Waals surface area contributed by atoms with Crippen LogP contribution in [0.1, 0.15) is 27.2 Å². The van der Waals surface area contributed by atoms with Gasteiger partial charge in [-0.15, -0.1) is 0 Å². The molecule has 112 valence electrons. The summed E-state index contributed by atoms with van der Waals surface area (Å²) in [5.41, 5.74) is 6.17. The SMILES string of the molecule is CC1CC(C)C(C)N(S(=O)(=O)c2cc(Br)ccc2N)C1. The van der Waals surface area contributed by atoms with Crippen LogP contribution in [0.25, 0.3) is 0 Å². The van der Waals surface area contributed by atoms with E-state index < -0.39 is 10.0 Å². The summed E-state index contributed by atoms with van der Waals surface area (Å²) in [4.78, 5) is 0.194. The average Bonchev–Trinajstić information content (AvgIpc) is 2.36. The van der Waals surface area contributed by atoms with Crippen molar-refractivity contribution in [2.75, 3.05) is 12.3 Å². The van der Waals surface area contributed by atoms with Crippen molar-refractivity contribution in [3.8, 4) is 0 Å². The van der Waals surface area contributed by atoms with Crippen LogP contribution in [0.2, 0.25) is 0 Å². The van der Waals surface area contributed by atoms with E-state index >= 15 is 0 Å². The van der Waals surface area contributed by atoms with Gasteiger partial charge in [0.05, 0.1) is 5.69 Å². The van der Waals surface area contributed by atoms with Crippen LogP contribution in [0.15, 0.2) is 27.6 Å². The summed E-state index contributed by atoms with van der Waals surface area (Å²) >= 11 is 3.31. The molecule has 3 unspecified atom stereocenters. The van der Waals surface area contributed by atoms with Crippen molar-refractivity contribution in [3.63, 3.8) is 0 Å². The van der Waals surface area contributed by atoms with Gasteiger partial charge in [0.2, 0.25) is 10.0 Å². The van der Waals surface area contributed by atoms with Crippen LogP contribution in [0.5, 0.6) is 0 Å². The molecule has 1 heterocycles. The Kier molecular flexibility index (Phi) is 4.47. The first-order valence-corrected chi connectivity index (χ1v) is 9.03. The summed E-state index contributed by atoms with van der Waals surface area (Å²) in [5, 5.41) is 0. The highest BCUT2D eigenvalue weighted by molar-refractivity contribution is 9.10. The predicted molar refractivity (Wildman–Crippen MR) is 84.9 cm³/mol. The zero-order valence-electron chi connectivity index (χ0n) is 12.0. The number of sulfonamides is 1. The maximum absolute atomic E-state index is 12.9. The second kappa shape index (κ2) is 5.66. The molecule has 0 spiro atoms. The van der Waals surface area contributed by atoms with Crippen LogP contribution in [0.3, 0.4) is 0 Å². The minimum atomic E-state index is -3.55. The molecule has 0 bridgehead atoms. The van der Waals surface area contributed by atoms with E-state index in [0.29, 0.717) is 24.1 Å². The maximum atomic E-state index is 12.9. The molecule has 4 nitrogen and oxygen atoms in total. The van der Waals surface area contributed by atoms with Crippen molar-refractivity contribution < 1.29 is 8.42 Å². The Bertz CT molecular complexity index is 603. The molecule has 1 saturated heterocycles. The molecule has 1 aliphatic rings. The first-order valence-electron chi connectivity index (χ1n) is 6.80. The van der Waals surface area contributed by atoms with Gasteiger partial charge in [0.1, 0.15) is 4.90 Å². The molecule has 20 heavy (non-hydrogen) atoms. The Morgan fingerprint density at radius 3 is 2.60 bits per heavy atom. The highest BCUT2D eigenvalue weighted by Gasteiger charge is 2.37. The molecule has 1 aromatic rings. The second-order valence-corrected chi connectivity index (χ2v) is 8.59. The van der Waals surface area contributed by atoms with Gasteiger partial charge in [0.15, 0.2) is 0 Å². The van der Waals surface area contributed by atoms with Gasteiger partial charge >= 0.3 is 0 Å². The van der Waals surface area contributed by atoms with E-state index in [-0.39, 0.29) is 10.9 Å². The molecule has 0 radical (unpaired) electrons. The van der Waals surface area contributed by atoms with E-state index in [0.717, 1.165) is 10.9 Å². The number of nitrogens with zero attached hydrogens (tertiary/aromatic N) is 1. The normalized spacial score (nSPS) is 28.5. The van der Waals surface area contributed by atoms with Gasteiger partial charge in [-0.2, -0.15) is 4.31 Å². The third kappa shape index (κ3) is 2.87. The monoisotopic (exact) mass is 360 g/mol. The number of hydrogen-bond donors (Lipinski definition) is 1. The fourth-order valence-electron chi connectivity index (χ4n) is 2.84. The first kappa shape index (κ1) is 15.8. The number of benzene rings is 1. The summed E-state index contributed by atoms with van der Waals surface area (Å²) in [6.45, 7) is 6.73. The molecular weight excluding hydrogens is 340 g/mol. The Balaban J connectivity index is 2.46. The molecule has 6 heteroatoms. The number of rotatable bonds is 2. The van der Waals surface area contributed by atoms with Crippen molar-refractivity contribution in [2.45, 2.75) is 38.1 Å². The minimum absolute atomic E-state index is 0.00502. The van der Waals surface area contributed by atoms with Crippen molar-refractivity contribution in [2.24, 2.45) is 11.8 Å². The topological polar surface area (TPSA) is 63.4 Å². The summed E-state index contributed by atoms with van der Waals surface area (Å²) in [6, 6.07) is 4.95. The van der Waals surface area contributed by atoms with Gasteiger partial charge in [0, 0.05) is 17.1 Å².